The normalized spacial score (nSPS) is 13.1. The summed E-state index contributed by atoms with van der Waals surface area (Å²) in [7, 11) is 0. The molecule has 0 fully saturated rings. The molecular formula is C15H11BrO3S. The van der Waals surface area contributed by atoms with Crippen LogP contribution in [-0.2, 0) is 0 Å². The second-order valence-electron chi connectivity index (χ2n) is 4.21. The van der Waals surface area contributed by atoms with Crippen molar-refractivity contribution in [3.05, 3.63) is 46.4 Å². The highest BCUT2D eigenvalue weighted by molar-refractivity contribution is 9.10. The lowest BCUT2D eigenvalue weighted by atomic mass is 10.2. The van der Waals surface area contributed by atoms with E-state index in [1.165, 1.54) is 0 Å². The summed E-state index contributed by atoms with van der Waals surface area (Å²) in [5, 5.41) is 0. The number of hydrogen-bond acceptors (Lipinski definition) is 4. The molecule has 0 saturated heterocycles. The first-order valence-corrected chi connectivity index (χ1v) is 7.69. The first kappa shape index (κ1) is 13.5. The molecule has 0 aliphatic carbocycles. The highest BCUT2D eigenvalue weighted by Crippen LogP contribution is 2.37. The zero-order chi connectivity index (χ0) is 13.9. The van der Waals surface area contributed by atoms with E-state index in [1.54, 1.807) is 17.8 Å². The van der Waals surface area contributed by atoms with Crippen LogP contribution in [0.5, 0.6) is 11.5 Å². The summed E-state index contributed by atoms with van der Waals surface area (Å²) in [6, 6.07) is 11.6. The lowest BCUT2D eigenvalue weighted by Gasteiger charge is -2.18. The van der Waals surface area contributed by atoms with Gasteiger partial charge in [-0.2, -0.15) is 0 Å². The third-order valence-electron chi connectivity index (χ3n) is 2.85. The zero-order valence-corrected chi connectivity index (χ0v) is 12.9. The predicted molar refractivity (Wildman–Crippen MR) is 81.1 cm³/mol. The SMILES string of the molecule is O=Cc1ccc(Sc2ccc3c(c2)OCCO3)cc1Br. The molecule has 3 rings (SSSR count). The molecule has 102 valence electrons. The van der Waals surface area contributed by atoms with Gasteiger partial charge in [-0.25, -0.2) is 0 Å². The Morgan fingerprint density at radius 2 is 1.70 bits per heavy atom. The van der Waals surface area contributed by atoms with Crippen LogP contribution < -0.4 is 9.47 Å². The number of fused-ring (bicyclic) bond motifs is 1. The predicted octanol–water partition coefficient (Wildman–Crippen LogP) is 4.18. The second kappa shape index (κ2) is 5.89. The maximum absolute atomic E-state index is 10.8. The molecule has 1 aliphatic heterocycles. The molecule has 20 heavy (non-hydrogen) atoms. The van der Waals surface area contributed by atoms with Gasteiger partial charge in [0.2, 0.25) is 0 Å². The minimum atomic E-state index is 0.584. The van der Waals surface area contributed by atoms with Crippen LogP contribution in [0.4, 0.5) is 0 Å². The fourth-order valence-corrected chi connectivity index (χ4v) is 3.40. The van der Waals surface area contributed by atoms with Crippen LogP contribution in [0.25, 0.3) is 0 Å². The van der Waals surface area contributed by atoms with Gasteiger partial charge in [-0.15, -0.1) is 0 Å². The van der Waals surface area contributed by atoms with Gasteiger partial charge < -0.3 is 9.47 Å². The van der Waals surface area contributed by atoms with Crippen LogP contribution in [0, 0.1) is 0 Å². The lowest BCUT2D eigenvalue weighted by molar-refractivity contribution is 0.112. The molecule has 5 heteroatoms. The number of ether oxygens (including phenoxy) is 2. The summed E-state index contributed by atoms with van der Waals surface area (Å²) < 4.78 is 11.9. The second-order valence-corrected chi connectivity index (χ2v) is 6.21. The minimum absolute atomic E-state index is 0.584. The van der Waals surface area contributed by atoms with Gasteiger partial charge in [0, 0.05) is 19.8 Å². The van der Waals surface area contributed by atoms with Crippen molar-refractivity contribution in [3.63, 3.8) is 0 Å². The largest absolute Gasteiger partial charge is 0.486 e. The first-order chi connectivity index (χ1) is 9.76. The zero-order valence-electron chi connectivity index (χ0n) is 10.5. The lowest BCUT2D eigenvalue weighted by Crippen LogP contribution is -2.15. The topological polar surface area (TPSA) is 35.5 Å². The molecule has 0 saturated carbocycles. The number of benzene rings is 2. The van der Waals surface area contributed by atoms with Gasteiger partial charge in [0.1, 0.15) is 13.2 Å². The average Bonchev–Trinajstić information content (AvgIpc) is 2.47. The van der Waals surface area contributed by atoms with Crippen LogP contribution >= 0.6 is 27.7 Å². The molecule has 0 spiro atoms. The van der Waals surface area contributed by atoms with Crippen molar-refractivity contribution in [1.29, 1.82) is 0 Å². The molecule has 0 unspecified atom stereocenters. The van der Waals surface area contributed by atoms with Crippen LogP contribution in [-0.4, -0.2) is 19.5 Å². The Bertz CT molecular complexity index is 658. The van der Waals surface area contributed by atoms with Crippen LogP contribution in [0.3, 0.4) is 0 Å². The smallest absolute Gasteiger partial charge is 0.162 e. The van der Waals surface area contributed by atoms with Crippen molar-refractivity contribution in [2.75, 3.05) is 13.2 Å². The van der Waals surface area contributed by atoms with Gasteiger partial charge in [-0.3, -0.25) is 4.79 Å². The third kappa shape index (κ3) is 2.83. The molecule has 0 aromatic heterocycles. The van der Waals surface area contributed by atoms with Crippen molar-refractivity contribution in [1.82, 2.24) is 0 Å². The number of halogens is 1. The van der Waals surface area contributed by atoms with Gasteiger partial charge in [0.25, 0.3) is 0 Å². The standard InChI is InChI=1S/C15H11BrO3S/c16-13-7-11(2-1-10(13)9-17)20-12-3-4-14-15(8-12)19-6-5-18-14/h1-4,7-9H,5-6H2. The monoisotopic (exact) mass is 350 g/mol. The molecule has 1 aliphatic rings. The van der Waals surface area contributed by atoms with Gasteiger partial charge >= 0.3 is 0 Å². The summed E-state index contributed by atoms with van der Waals surface area (Å²) in [5.74, 6) is 1.57. The highest BCUT2D eigenvalue weighted by Gasteiger charge is 2.12. The number of aldehydes is 1. The van der Waals surface area contributed by atoms with E-state index in [1.807, 2.05) is 30.3 Å². The Morgan fingerprint density at radius 3 is 2.45 bits per heavy atom. The third-order valence-corrected chi connectivity index (χ3v) is 4.51. The Morgan fingerprint density at radius 1 is 1.00 bits per heavy atom. The molecule has 0 bridgehead atoms. The molecule has 3 nitrogen and oxygen atoms in total. The van der Waals surface area contributed by atoms with Crippen molar-refractivity contribution in [2.45, 2.75) is 9.79 Å². The molecule has 2 aromatic rings. The molecule has 0 N–H and O–H groups in total. The fourth-order valence-electron chi connectivity index (χ4n) is 1.89. The summed E-state index contributed by atoms with van der Waals surface area (Å²) in [5.41, 5.74) is 0.650. The summed E-state index contributed by atoms with van der Waals surface area (Å²) >= 11 is 5.00. The van der Waals surface area contributed by atoms with E-state index in [0.717, 1.165) is 32.0 Å². The average molecular weight is 351 g/mol. The van der Waals surface area contributed by atoms with Gasteiger partial charge in [-0.05, 0) is 36.4 Å². The molecule has 0 atom stereocenters. The van der Waals surface area contributed by atoms with Crippen LogP contribution in [0.1, 0.15) is 10.4 Å². The van der Waals surface area contributed by atoms with E-state index in [9.17, 15) is 4.79 Å². The van der Waals surface area contributed by atoms with E-state index in [2.05, 4.69) is 15.9 Å². The van der Waals surface area contributed by atoms with Crippen LogP contribution in [0.15, 0.2) is 50.7 Å². The van der Waals surface area contributed by atoms with Crippen molar-refractivity contribution < 1.29 is 14.3 Å². The maximum atomic E-state index is 10.8. The van der Waals surface area contributed by atoms with E-state index < -0.39 is 0 Å². The van der Waals surface area contributed by atoms with Crippen molar-refractivity contribution >= 4 is 34.0 Å². The Hall–Kier alpha value is -1.46. The maximum Gasteiger partial charge on any atom is 0.162 e. The van der Waals surface area contributed by atoms with Gasteiger partial charge in [0.05, 0.1) is 0 Å². The van der Waals surface area contributed by atoms with Crippen LogP contribution in [0.2, 0.25) is 0 Å². The number of hydrogen-bond donors (Lipinski definition) is 0. The Labute approximate surface area is 129 Å². The van der Waals surface area contributed by atoms with E-state index in [4.69, 9.17) is 9.47 Å². The first-order valence-electron chi connectivity index (χ1n) is 6.08. The van der Waals surface area contributed by atoms with E-state index in [-0.39, 0.29) is 0 Å². The van der Waals surface area contributed by atoms with E-state index in [0.29, 0.717) is 18.8 Å². The number of carbonyl (C=O) groups excluding carboxylic acids is 1. The quantitative estimate of drug-likeness (QED) is 0.777. The Kier molecular flexibility index (Phi) is 3.98. The van der Waals surface area contributed by atoms with Gasteiger partial charge in [-0.1, -0.05) is 27.7 Å². The molecule has 1 heterocycles. The molecule has 0 radical (unpaired) electrons. The molecule has 2 aromatic carbocycles. The minimum Gasteiger partial charge on any atom is -0.486 e. The summed E-state index contributed by atoms with van der Waals surface area (Å²) in [6.07, 6.45) is 0.836. The van der Waals surface area contributed by atoms with Gasteiger partial charge in [0.15, 0.2) is 17.8 Å². The highest BCUT2D eigenvalue weighted by atomic mass is 79.9. The molecular weight excluding hydrogens is 340 g/mol. The van der Waals surface area contributed by atoms with Crippen molar-refractivity contribution in [2.24, 2.45) is 0 Å². The number of rotatable bonds is 3. The number of carbonyl (C=O) groups is 1. The fraction of sp³-hybridized carbons (Fsp3) is 0.133. The summed E-state index contributed by atoms with van der Waals surface area (Å²) in [4.78, 5) is 12.9. The molecule has 0 amide bonds. The van der Waals surface area contributed by atoms with Crippen molar-refractivity contribution in [3.8, 4) is 11.5 Å². The summed E-state index contributed by atoms with van der Waals surface area (Å²) in [6.45, 7) is 1.18. The van der Waals surface area contributed by atoms with E-state index >= 15 is 0 Å². The Balaban J connectivity index is 1.84.